The number of aliphatic carboxylic acids is 1. The Hall–Kier alpha value is -1.06. The van der Waals surface area contributed by atoms with Crippen molar-refractivity contribution in [2.24, 2.45) is 0 Å². The van der Waals surface area contributed by atoms with Crippen molar-refractivity contribution in [1.82, 2.24) is 0 Å². The Morgan fingerprint density at radius 2 is 2.00 bits per heavy atom. The molecule has 0 fully saturated rings. The third-order valence-electron chi connectivity index (χ3n) is 0. The molecule has 0 aromatic rings. The first-order valence-electron chi connectivity index (χ1n) is 1.49. The van der Waals surface area contributed by atoms with E-state index in [-0.39, 0.29) is 0 Å². The van der Waals surface area contributed by atoms with Gasteiger partial charge in [-0.1, -0.05) is 0 Å². The lowest BCUT2D eigenvalue weighted by molar-refractivity contribution is -0.361. The molecule has 0 saturated carbocycles. The molecule has 4 heteroatoms. The summed E-state index contributed by atoms with van der Waals surface area (Å²) in [5, 5.41) is 17.2. The molecule has 0 radical (unpaired) electrons. The summed E-state index contributed by atoms with van der Waals surface area (Å²) in [7, 11) is 0. The van der Waals surface area contributed by atoms with Gasteiger partial charge in [-0.3, -0.25) is 4.79 Å². The number of carbonyl (C=O) groups is 1. The molecular weight excluding hydrogens is 98.0 g/mol. The Balaban J connectivity index is 0. The van der Waals surface area contributed by atoms with Gasteiger partial charge in [-0.25, -0.2) is 5.16 Å². The van der Waals surface area contributed by atoms with E-state index in [4.69, 9.17) is 15.1 Å². The van der Waals surface area contributed by atoms with E-state index in [1.807, 2.05) is 0 Å². The summed E-state index contributed by atoms with van der Waals surface area (Å²) in [5.74, 6) is -0.833. The lowest BCUT2D eigenvalue weighted by Crippen LogP contribution is -2.56. The Bertz CT molecular complexity index is 57.2. The van der Waals surface area contributed by atoms with Crippen molar-refractivity contribution in [1.29, 1.82) is 0 Å². The molecule has 2 N–H and O–H groups in total. The van der Waals surface area contributed by atoms with Crippen LogP contribution < -0.4 is 5.16 Å². The molecule has 0 saturated heterocycles. The zero-order valence-corrected chi connectivity index (χ0v) is 3.97. The van der Waals surface area contributed by atoms with Crippen molar-refractivity contribution in [3.8, 4) is 0 Å². The van der Waals surface area contributed by atoms with Crippen LogP contribution in [0.1, 0.15) is 6.92 Å². The van der Waals surface area contributed by atoms with Crippen LogP contribution in [0.2, 0.25) is 0 Å². The molecule has 0 amide bonds. The first kappa shape index (κ1) is 9.34. The lowest BCUT2D eigenvalue weighted by Gasteiger charge is -1.59. The maximum absolute atomic E-state index is 9.00. The van der Waals surface area contributed by atoms with E-state index in [1.54, 1.807) is 0 Å². The second-order valence-corrected chi connectivity index (χ2v) is 0.663. The largest absolute Gasteiger partial charge is 0.626 e. The van der Waals surface area contributed by atoms with Crippen LogP contribution in [0.15, 0.2) is 0 Å². The average Bonchev–Trinajstić information content (AvgIpc) is 1.33. The molecule has 0 heterocycles. The number of hydrogen-bond acceptors (Lipinski definition) is 2. The summed E-state index contributed by atoms with van der Waals surface area (Å²) < 4.78 is 0. The zero-order valence-electron chi connectivity index (χ0n) is 3.97. The van der Waals surface area contributed by atoms with Crippen molar-refractivity contribution in [2.75, 3.05) is 0 Å². The van der Waals surface area contributed by atoms with Gasteiger partial charge in [0, 0.05) is 6.92 Å². The van der Waals surface area contributed by atoms with E-state index in [1.165, 1.54) is 5.16 Å². The van der Waals surface area contributed by atoms with Gasteiger partial charge in [0.25, 0.3) is 5.97 Å². The fourth-order valence-electron chi connectivity index (χ4n) is 0. The predicted molar refractivity (Wildman–Crippen MR) is 24.8 cm³/mol. The van der Waals surface area contributed by atoms with Gasteiger partial charge in [-0.05, 0) is 0 Å². The highest BCUT2D eigenvalue weighted by Crippen LogP contribution is 1.42. The van der Waals surface area contributed by atoms with E-state index in [0.29, 0.717) is 0 Å². The van der Waals surface area contributed by atoms with Crippen LogP contribution in [-0.2, 0) is 4.79 Å². The van der Waals surface area contributed by atoms with Gasteiger partial charge in [-0.15, -0.1) is 0 Å². The van der Waals surface area contributed by atoms with Crippen molar-refractivity contribution in [2.45, 2.75) is 6.92 Å². The number of carboxylic acids is 1. The van der Waals surface area contributed by atoms with Crippen LogP contribution in [0.25, 0.3) is 0 Å². The van der Waals surface area contributed by atoms with Gasteiger partial charge in [0.05, 0.1) is 0 Å². The topological polar surface area (TPSA) is 74.3 Å². The highest BCUT2D eigenvalue weighted by atomic mass is 16.4. The Morgan fingerprint density at radius 1 is 2.00 bits per heavy atom. The maximum Gasteiger partial charge on any atom is 0.300 e. The highest BCUT2D eigenvalue weighted by Gasteiger charge is 1.65. The quantitative estimate of drug-likeness (QED) is 0.220. The second-order valence-electron chi connectivity index (χ2n) is 0.663. The van der Waals surface area contributed by atoms with Crippen molar-refractivity contribution in [3.05, 3.63) is 5.21 Å². The van der Waals surface area contributed by atoms with Crippen molar-refractivity contribution >= 4 is 12.7 Å². The van der Waals surface area contributed by atoms with E-state index in [2.05, 4.69) is 6.72 Å². The monoisotopic (exact) mass is 105 g/mol. The Kier molecular flexibility index (Phi) is 11.8. The number of nitrogens with one attached hydrogen (secondary N) is 1. The SMILES string of the molecule is C=[NH+][O-].CC(=O)O. The van der Waals surface area contributed by atoms with Crippen LogP contribution in [0.5, 0.6) is 0 Å². The summed E-state index contributed by atoms with van der Waals surface area (Å²) in [5.41, 5.74) is 0. The molecule has 42 valence electrons. The maximum atomic E-state index is 9.00. The van der Waals surface area contributed by atoms with E-state index < -0.39 is 5.97 Å². The van der Waals surface area contributed by atoms with Crippen LogP contribution in [0.4, 0.5) is 0 Å². The predicted octanol–water partition coefficient (Wildman–Crippen LogP) is -1.64. The molecule has 0 aliphatic carbocycles. The van der Waals surface area contributed by atoms with Gasteiger partial charge >= 0.3 is 0 Å². The van der Waals surface area contributed by atoms with E-state index >= 15 is 0 Å². The van der Waals surface area contributed by atoms with Crippen molar-refractivity contribution in [3.63, 3.8) is 0 Å². The lowest BCUT2D eigenvalue weighted by atomic mass is 10.9. The fraction of sp³-hybridized carbons (Fsp3) is 0.333. The molecule has 0 aliphatic heterocycles. The molecule has 0 aromatic heterocycles. The van der Waals surface area contributed by atoms with E-state index in [9.17, 15) is 0 Å². The third kappa shape index (κ3) is 38.0. The number of carboxylic acid groups (broad SMARTS) is 1. The third-order valence-corrected chi connectivity index (χ3v) is 0. The van der Waals surface area contributed by atoms with Crippen LogP contribution >= 0.6 is 0 Å². The summed E-state index contributed by atoms with van der Waals surface area (Å²) in [4.78, 5) is 9.00. The zero-order chi connectivity index (χ0) is 6.28. The van der Waals surface area contributed by atoms with Crippen LogP contribution in [0, 0.1) is 5.21 Å². The molecule has 0 aliphatic rings. The summed E-state index contributed by atoms with van der Waals surface area (Å²) in [6.07, 6.45) is 0. The van der Waals surface area contributed by atoms with Gasteiger partial charge in [-0.2, -0.15) is 0 Å². The van der Waals surface area contributed by atoms with Gasteiger partial charge < -0.3 is 10.3 Å². The summed E-state index contributed by atoms with van der Waals surface area (Å²) in [6, 6.07) is 0. The standard InChI is InChI=1S/C2H4O2.CH3NO/c1-2(3)4;1-2-3/h1H3,(H,3,4);2H,1H2. The molecule has 0 aromatic carbocycles. The normalized spacial score (nSPS) is 5.29. The second kappa shape index (κ2) is 8.87. The first-order chi connectivity index (χ1) is 3.15. The highest BCUT2D eigenvalue weighted by molar-refractivity contribution is 5.62. The molecule has 7 heavy (non-hydrogen) atoms. The van der Waals surface area contributed by atoms with Crippen LogP contribution in [0.3, 0.4) is 0 Å². The molecule has 0 unspecified atom stereocenters. The smallest absolute Gasteiger partial charge is 0.300 e. The molecule has 0 rings (SSSR count). The van der Waals surface area contributed by atoms with E-state index in [0.717, 1.165) is 6.92 Å². The van der Waals surface area contributed by atoms with Gasteiger partial charge in [0.2, 0.25) is 0 Å². The Labute approximate surface area is 41.1 Å². The number of rotatable bonds is 0. The molecule has 0 bridgehead atoms. The summed E-state index contributed by atoms with van der Waals surface area (Å²) >= 11 is 0. The molecule has 4 nitrogen and oxygen atoms in total. The molecular formula is C3H7NO3. The molecule has 0 atom stereocenters. The van der Waals surface area contributed by atoms with Crippen molar-refractivity contribution < 1.29 is 15.1 Å². The molecule has 0 spiro atoms. The van der Waals surface area contributed by atoms with Gasteiger partial charge in [0.15, 0.2) is 0 Å². The fourth-order valence-corrected chi connectivity index (χ4v) is 0. The van der Waals surface area contributed by atoms with Crippen LogP contribution in [-0.4, -0.2) is 17.8 Å². The van der Waals surface area contributed by atoms with Gasteiger partial charge in [0.1, 0.15) is 6.72 Å². The Morgan fingerprint density at radius 3 is 2.00 bits per heavy atom. The minimum atomic E-state index is -0.833. The number of hydrogen-bond donors (Lipinski definition) is 2. The minimum Gasteiger partial charge on any atom is -0.626 e. The minimum absolute atomic E-state index is 0.833. The average molecular weight is 105 g/mol. The first-order valence-corrected chi connectivity index (χ1v) is 1.49. The summed E-state index contributed by atoms with van der Waals surface area (Å²) in [6.45, 7) is 3.76.